The molecule has 1 unspecified atom stereocenters. The van der Waals surface area contributed by atoms with E-state index in [0.29, 0.717) is 19.0 Å². The molecule has 0 amide bonds. The molecule has 1 rings (SSSR count). The molecule has 0 bridgehead atoms. The monoisotopic (exact) mass is 235 g/mol. The number of hydrogen-bond acceptors (Lipinski definition) is 3. The molecule has 1 fully saturated rings. The minimum Gasteiger partial charge on any atom is -0.314 e. The Morgan fingerprint density at radius 3 is 2.73 bits per heavy atom. The highest BCUT2D eigenvalue weighted by molar-refractivity contribution is 7.87. The molecule has 0 saturated carbocycles. The van der Waals surface area contributed by atoms with Gasteiger partial charge in [-0.3, -0.25) is 0 Å². The van der Waals surface area contributed by atoms with Crippen LogP contribution in [0.4, 0.5) is 0 Å². The molecule has 0 aromatic heterocycles. The fourth-order valence-electron chi connectivity index (χ4n) is 1.53. The molecule has 6 heteroatoms. The molecular formula is C9H21N3O2S. The summed E-state index contributed by atoms with van der Waals surface area (Å²) in [5, 5.41) is 3.17. The first-order valence-corrected chi connectivity index (χ1v) is 6.84. The van der Waals surface area contributed by atoms with Crippen LogP contribution >= 0.6 is 0 Å². The number of piperazine rings is 1. The Hall–Kier alpha value is -0.170. The minimum atomic E-state index is -3.28. The lowest BCUT2D eigenvalue weighted by atomic mass is 10.2. The zero-order chi connectivity index (χ0) is 11.5. The average Bonchev–Trinajstić information content (AvgIpc) is 2.15. The Labute approximate surface area is 92.4 Å². The lowest BCUT2D eigenvalue weighted by Gasteiger charge is -2.32. The van der Waals surface area contributed by atoms with Crippen LogP contribution in [-0.4, -0.2) is 44.9 Å². The molecule has 0 spiro atoms. The molecule has 0 aromatic carbocycles. The molecule has 2 N–H and O–H groups in total. The molecule has 1 aliphatic rings. The van der Waals surface area contributed by atoms with Crippen molar-refractivity contribution in [3.05, 3.63) is 0 Å². The molecule has 90 valence electrons. The van der Waals surface area contributed by atoms with Gasteiger partial charge >= 0.3 is 0 Å². The van der Waals surface area contributed by atoms with Gasteiger partial charge in [0.1, 0.15) is 0 Å². The Morgan fingerprint density at radius 1 is 1.53 bits per heavy atom. The summed E-state index contributed by atoms with van der Waals surface area (Å²) >= 11 is 0. The third kappa shape index (κ3) is 3.71. The van der Waals surface area contributed by atoms with Crippen molar-refractivity contribution in [2.45, 2.75) is 26.8 Å². The van der Waals surface area contributed by atoms with Crippen molar-refractivity contribution in [2.24, 2.45) is 5.92 Å². The van der Waals surface area contributed by atoms with Gasteiger partial charge in [0.2, 0.25) is 0 Å². The first kappa shape index (κ1) is 12.9. The predicted octanol–water partition coefficient (Wildman–Crippen LogP) is -0.229. The summed E-state index contributed by atoms with van der Waals surface area (Å²) in [4.78, 5) is 0. The summed E-state index contributed by atoms with van der Waals surface area (Å²) in [7, 11) is -3.28. The van der Waals surface area contributed by atoms with Crippen LogP contribution in [0.1, 0.15) is 20.8 Å². The maximum Gasteiger partial charge on any atom is 0.279 e. The van der Waals surface area contributed by atoms with Gasteiger partial charge in [0.15, 0.2) is 0 Å². The third-order valence-electron chi connectivity index (χ3n) is 2.42. The summed E-state index contributed by atoms with van der Waals surface area (Å²) < 4.78 is 27.9. The third-order valence-corrected chi connectivity index (χ3v) is 4.11. The van der Waals surface area contributed by atoms with E-state index in [9.17, 15) is 8.42 Å². The van der Waals surface area contributed by atoms with E-state index in [4.69, 9.17) is 0 Å². The molecule has 15 heavy (non-hydrogen) atoms. The van der Waals surface area contributed by atoms with E-state index >= 15 is 0 Å². The van der Waals surface area contributed by atoms with Gasteiger partial charge in [-0.25, -0.2) is 4.72 Å². The van der Waals surface area contributed by atoms with Gasteiger partial charge < -0.3 is 5.32 Å². The first-order valence-electron chi connectivity index (χ1n) is 5.40. The topological polar surface area (TPSA) is 61.4 Å². The molecule has 1 saturated heterocycles. The Morgan fingerprint density at radius 2 is 2.20 bits per heavy atom. The van der Waals surface area contributed by atoms with E-state index in [1.807, 2.05) is 20.8 Å². The van der Waals surface area contributed by atoms with Gasteiger partial charge in [-0.1, -0.05) is 13.8 Å². The number of hydrogen-bond donors (Lipinski definition) is 2. The second kappa shape index (κ2) is 5.25. The summed E-state index contributed by atoms with van der Waals surface area (Å²) in [5.74, 6) is 0.331. The molecule has 0 aliphatic carbocycles. The highest BCUT2D eigenvalue weighted by atomic mass is 32.2. The van der Waals surface area contributed by atoms with Crippen LogP contribution in [0, 0.1) is 5.92 Å². The van der Waals surface area contributed by atoms with Crippen molar-refractivity contribution in [1.82, 2.24) is 14.3 Å². The Kier molecular flexibility index (Phi) is 4.51. The molecular weight excluding hydrogens is 214 g/mol. The van der Waals surface area contributed by atoms with E-state index in [-0.39, 0.29) is 6.04 Å². The normalized spacial score (nSPS) is 24.7. The van der Waals surface area contributed by atoms with Gasteiger partial charge in [-0.05, 0) is 12.8 Å². The highest BCUT2D eigenvalue weighted by Crippen LogP contribution is 2.07. The largest absolute Gasteiger partial charge is 0.314 e. The summed E-state index contributed by atoms with van der Waals surface area (Å²) in [5.41, 5.74) is 0. The number of rotatable bonds is 4. The van der Waals surface area contributed by atoms with Crippen molar-refractivity contribution >= 4 is 10.2 Å². The van der Waals surface area contributed by atoms with Crippen LogP contribution in [0.15, 0.2) is 0 Å². The number of nitrogens with zero attached hydrogens (tertiary/aromatic N) is 1. The molecule has 5 nitrogen and oxygen atoms in total. The van der Waals surface area contributed by atoms with Gasteiger partial charge in [-0.2, -0.15) is 12.7 Å². The summed E-state index contributed by atoms with van der Waals surface area (Å²) in [6.07, 6.45) is 0. The minimum absolute atomic E-state index is 0.0309. The van der Waals surface area contributed by atoms with Crippen molar-refractivity contribution in [3.8, 4) is 0 Å². The fourth-order valence-corrected chi connectivity index (χ4v) is 3.12. The molecule has 1 heterocycles. The van der Waals surface area contributed by atoms with Crippen molar-refractivity contribution in [2.75, 3.05) is 26.2 Å². The van der Waals surface area contributed by atoms with Crippen LogP contribution in [0.3, 0.4) is 0 Å². The maximum atomic E-state index is 11.9. The smallest absolute Gasteiger partial charge is 0.279 e. The van der Waals surface area contributed by atoms with Crippen LogP contribution in [0.2, 0.25) is 0 Å². The van der Waals surface area contributed by atoms with Crippen LogP contribution in [-0.2, 0) is 10.2 Å². The van der Waals surface area contributed by atoms with Gasteiger partial charge in [-0.15, -0.1) is 0 Å². The summed E-state index contributed by atoms with van der Waals surface area (Å²) in [6.45, 7) is 8.40. The zero-order valence-corrected chi connectivity index (χ0v) is 10.5. The molecule has 0 aromatic rings. The quantitative estimate of drug-likeness (QED) is 0.707. The van der Waals surface area contributed by atoms with Crippen molar-refractivity contribution < 1.29 is 8.42 Å². The van der Waals surface area contributed by atoms with E-state index in [1.165, 1.54) is 4.31 Å². The molecule has 1 aliphatic heterocycles. The van der Waals surface area contributed by atoms with Gasteiger partial charge in [0.25, 0.3) is 10.2 Å². The predicted molar refractivity (Wildman–Crippen MR) is 60.8 cm³/mol. The lowest BCUT2D eigenvalue weighted by molar-refractivity contribution is 0.279. The number of nitrogens with one attached hydrogen (secondary N) is 2. The standard InChI is InChI=1S/C9H21N3O2S/c1-8(2)6-11-15(13,14)12-5-4-10-7-9(12)3/h8-11H,4-7H2,1-3H3. The maximum absolute atomic E-state index is 11.9. The van der Waals surface area contributed by atoms with Crippen LogP contribution in [0.5, 0.6) is 0 Å². The first-order chi connectivity index (χ1) is 6.93. The Balaban J connectivity index is 2.59. The van der Waals surface area contributed by atoms with E-state index < -0.39 is 10.2 Å². The van der Waals surface area contributed by atoms with Crippen molar-refractivity contribution in [3.63, 3.8) is 0 Å². The second-order valence-corrected chi connectivity index (χ2v) is 6.12. The van der Waals surface area contributed by atoms with Crippen molar-refractivity contribution in [1.29, 1.82) is 0 Å². The van der Waals surface area contributed by atoms with Crippen LogP contribution < -0.4 is 10.0 Å². The molecule has 0 radical (unpaired) electrons. The van der Waals surface area contributed by atoms with Crippen LogP contribution in [0.25, 0.3) is 0 Å². The van der Waals surface area contributed by atoms with Gasteiger partial charge in [0.05, 0.1) is 0 Å². The van der Waals surface area contributed by atoms with E-state index in [1.54, 1.807) is 0 Å². The lowest BCUT2D eigenvalue weighted by Crippen LogP contribution is -2.55. The van der Waals surface area contributed by atoms with E-state index in [0.717, 1.165) is 13.1 Å². The van der Waals surface area contributed by atoms with Gasteiger partial charge in [0, 0.05) is 32.2 Å². The summed E-state index contributed by atoms with van der Waals surface area (Å²) in [6, 6.07) is 0.0309. The SMILES string of the molecule is CC(C)CNS(=O)(=O)N1CCNCC1C. The fraction of sp³-hybridized carbons (Fsp3) is 1.00. The highest BCUT2D eigenvalue weighted by Gasteiger charge is 2.28. The average molecular weight is 235 g/mol. The zero-order valence-electron chi connectivity index (χ0n) is 9.66. The molecule has 1 atom stereocenters. The second-order valence-electron chi connectivity index (χ2n) is 4.41. The Bertz CT molecular complexity index is 290. The van der Waals surface area contributed by atoms with E-state index in [2.05, 4.69) is 10.0 Å².